The highest BCUT2D eigenvalue weighted by molar-refractivity contribution is 5.94. The molecule has 0 unspecified atom stereocenters. The summed E-state index contributed by atoms with van der Waals surface area (Å²) in [5.41, 5.74) is 0. The molecule has 5 heteroatoms. The van der Waals surface area contributed by atoms with E-state index in [9.17, 15) is 9.59 Å². The molecule has 0 rings (SSSR count). The SMILES string of the molecule is C#C/C=C/CO/C(=C\C)C(=O)NCC(=O)NC(C)C. The number of ether oxygens (including phenoxy) is 1. The summed E-state index contributed by atoms with van der Waals surface area (Å²) < 4.78 is 5.20. The monoisotopic (exact) mass is 264 g/mol. The van der Waals surface area contributed by atoms with E-state index in [-0.39, 0.29) is 30.9 Å². The van der Waals surface area contributed by atoms with Crippen LogP contribution in [0, 0.1) is 12.3 Å². The molecule has 19 heavy (non-hydrogen) atoms. The number of hydrogen-bond acceptors (Lipinski definition) is 3. The van der Waals surface area contributed by atoms with Crippen LogP contribution in [-0.4, -0.2) is 31.0 Å². The molecule has 0 aromatic heterocycles. The van der Waals surface area contributed by atoms with Gasteiger partial charge in [-0.3, -0.25) is 9.59 Å². The van der Waals surface area contributed by atoms with E-state index >= 15 is 0 Å². The molecule has 104 valence electrons. The van der Waals surface area contributed by atoms with Crippen molar-refractivity contribution in [2.45, 2.75) is 26.8 Å². The van der Waals surface area contributed by atoms with Crippen LogP contribution < -0.4 is 10.6 Å². The van der Waals surface area contributed by atoms with E-state index in [0.717, 1.165) is 0 Å². The lowest BCUT2D eigenvalue weighted by molar-refractivity contribution is -0.126. The Balaban J connectivity index is 4.13. The van der Waals surface area contributed by atoms with E-state index in [2.05, 4.69) is 16.6 Å². The highest BCUT2D eigenvalue weighted by Crippen LogP contribution is 1.97. The lowest BCUT2D eigenvalue weighted by atomic mass is 10.3. The summed E-state index contributed by atoms with van der Waals surface area (Å²) in [5.74, 6) is 1.79. The van der Waals surface area contributed by atoms with E-state index in [1.807, 2.05) is 13.8 Å². The Kier molecular flexibility index (Phi) is 8.63. The van der Waals surface area contributed by atoms with Crippen molar-refractivity contribution in [3.05, 3.63) is 24.0 Å². The van der Waals surface area contributed by atoms with Crippen molar-refractivity contribution in [3.8, 4) is 12.3 Å². The molecule has 0 fully saturated rings. The van der Waals surface area contributed by atoms with Gasteiger partial charge in [-0.1, -0.05) is 5.92 Å². The first-order valence-corrected chi connectivity index (χ1v) is 5.99. The number of carbonyl (C=O) groups is 2. The van der Waals surface area contributed by atoms with Crippen LogP contribution >= 0.6 is 0 Å². The molecule has 0 aromatic carbocycles. The van der Waals surface area contributed by atoms with Crippen molar-refractivity contribution < 1.29 is 14.3 Å². The number of allylic oxidation sites excluding steroid dienone is 2. The van der Waals surface area contributed by atoms with Crippen LogP contribution in [0.4, 0.5) is 0 Å². The zero-order valence-corrected chi connectivity index (χ0v) is 11.5. The van der Waals surface area contributed by atoms with E-state index in [1.54, 1.807) is 13.0 Å². The number of carbonyl (C=O) groups excluding carboxylic acids is 2. The van der Waals surface area contributed by atoms with E-state index in [0.29, 0.717) is 0 Å². The minimum absolute atomic E-state index is 0.0377. The zero-order chi connectivity index (χ0) is 14.7. The summed E-state index contributed by atoms with van der Waals surface area (Å²) in [4.78, 5) is 23.0. The largest absolute Gasteiger partial charge is 0.484 e. The molecule has 0 spiro atoms. The average Bonchev–Trinajstić information content (AvgIpc) is 2.35. The molecule has 0 saturated heterocycles. The van der Waals surface area contributed by atoms with Crippen molar-refractivity contribution in [1.29, 1.82) is 0 Å². The van der Waals surface area contributed by atoms with Gasteiger partial charge in [0.25, 0.3) is 5.91 Å². The lowest BCUT2D eigenvalue weighted by Crippen LogP contribution is -2.40. The first-order chi connectivity index (χ1) is 9.01. The van der Waals surface area contributed by atoms with Crippen LogP contribution in [0.5, 0.6) is 0 Å². The van der Waals surface area contributed by atoms with Crippen molar-refractivity contribution in [1.82, 2.24) is 10.6 Å². The van der Waals surface area contributed by atoms with Gasteiger partial charge in [0.05, 0.1) is 6.54 Å². The number of amides is 2. The van der Waals surface area contributed by atoms with Gasteiger partial charge in [-0.2, -0.15) is 0 Å². The first kappa shape index (κ1) is 16.8. The summed E-state index contributed by atoms with van der Waals surface area (Å²) in [5, 5.41) is 5.14. The molecule has 0 radical (unpaired) electrons. The standard InChI is InChI=1S/C14H20N2O3/c1-5-7-8-9-19-12(6-2)14(18)15-10-13(17)16-11(3)4/h1,6-8,11H,9-10H2,2-4H3,(H,15,18)(H,16,17)/b8-7+,12-6-. The number of terminal acetylenes is 1. The third-order valence-electron chi connectivity index (χ3n) is 1.89. The van der Waals surface area contributed by atoms with Gasteiger partial charge in [0, 0.05) is 6.04 Å². The summed E-state index contributed by atoms with van der Waals surface area (Å²) in [6.45, 7) is 5.48. The third-order valence-corrected chi connectivity index (χ3v) is 1.89. The smallest absolute Gasteiger partial charge is 0.286 e. The van der Waals surface area contributed by atoms with Crippen LogP contribution in [0.1, 0.15) is 20.8 Å². The van der Waals surface area contributed by atoms with E-state index < -0.39 is 5.91 Å². The van der Waals surface area contributed by atoms with Crippen molar-refractivity contribution in [3.63, 3.8) is 0 Å². The second kappa shape index (κ2) is 9.77. The highest BCUT2D eigenvalue weighted by atomic mass is 16.5. The molecular weight excluding hydrogens is 244 g/mol. The fourth-order valence-electron chi connectivity index (χ4n) is 1.15. The van der Waals surface area contributed by atoms with Gasteiger partial charge in [-0.05, 0) is 39.0 Å². The zero-order valence-electron chi connectivity index (χ0n) is 11.5. The van der Waals surface area contributed by atoms with Crippen LogP contribution in [0.2, 0.25) is 0 Å². The molecule has 0 aliphatic rings. The second-order valence-corrected chi connectivity index (χ2v) is 3.94. The van der Waals surface area contributed by atoms with Gasteiger partial charge < -0.3 is 15.4 Å². The first-order valence-electron chi connectivity index (χ1n) is 5.99. The van der Waals surface area contributed by atoms with Gasteiger partial charge in [-0.25, -0.2) is 0 Å². The van der Waals surface area contributed by atoms with E-state index in [1.165, 1.54) is 12.2 Å². The molecule has 0 aliphatic heterocycles. The second-order valence-electron chi connectivity index (χ2n) is 3.94. The molecular formula is C14H20N2O3. The summed E-state index contributed by atoms with van der Waals surface area (Å²) in [6.07, 6.45) is 9.66. The predicted octanol–water partition coefficient (Wildman–Crippen LogP) is 0.737. The fourth-order valence-corrected chi connectivity index (χ4v) is 1.15. The molecule has 0 aromatic rings. The third kappa shape index (κ3) is 8.50. The molecule has 2 amide bonds. The minimum atomic E-state index is -0.435. The van der Waals surface area contributed by atoms with Crippen LogP contribution in [-0.2, 0) is 14.3 Å². The quantitative estimate of drug-likeness (QED) is 0.405. The Labute approximate surface area is 114 Å². The molecule has 0 atom stereocenters. The fraction of sp³-hybridized carbons (Fsp3) is 0.429. The molecule has 0 bridgehead atoms. The minimum Gasteiger partial charge on any atom is -0.484 e. The van der Waals surface area contributed by atoms with Gasteiger partial charge in [-0.15, -0.1) is 6.42 Å². The van der Waals surface area contributed by atoms with Crippen molar-refractivity contribution in [2.24, 2.45) is 0 Å². The Morgan fingerprint density at radius 1 is 1.42 bits per heavy atom. The van der Waals surface area contributed by atoms with Crippen molar-refractivity contribution in [2.75, 3.05) is 13.2 Å². The Morgan fingerprint density at radius 2 is 2.11 bits per heavy atom. The number of rotatable bonds is 7. The molecule has 0 aliphatic carbocycles. The van der Waals surface area contributed by atoms with Crippen LogP contribution in [0.25, 0.3) is 0 Å². The molecule has 5 nitrogen and oxygen atoms in total. The van der Waals surface area contributed by atoms with Gasteiger partial charge in [0.2, 0.25) is 5.91 Å². The van der Waals surface area contributed by atoms with Gasteiger partial charge in [0.15, 0.2) is 5.76 Å². The van der Waals surface area contributed by atoms with Crippen LogP contribution in [0.3, 0.4) is 0 Å². The van der Waals surface area contributed by atoms with Crippen molar-refractivity contribution >= 4 is 11.8 Å². The Bertz CT molecular complexity index is 403. The average molecular weight is 264 g/mol. The summed E-state index contributed by atoms with van der Waals surface area (Å²) in [7, 11) is 0. The number of nitrogens with one attached hydrogen (secondary N) is 2. The number of hydrogen-bond donors (Lipinski definition) is 2. The Morgan fingerprint density at radius 3 is 2.63 bits per heavy atom. The lowest BCUT2D eigenvalue weighted by Gasteiger charge is -2.11. The van der Waals surface area contributed by atoms with E-state index in [4.69, 9.17) is 11.2 Å². The van der Waals surface area contributed by atoms with Crippen LogP contribution in [0.15, 0.2) is 24.0 Å². The maximum atomic E-state index is 11.7. The molecule has 0 heterocycles. The summed E-state index contributed by atoms with van der Waals surface area (Å²) >= 11 is 0. The normalized spacial score (nSPS) is 11.2. The maximum absolute atomic E-state index is 11.7. The molecule has 2 N–H and O–H groups in total. The topological polar surface area (TPSA) is 67.4 Å². The Hall–Kier alpha value is -2.22. The van der Waals surface area contributed by atoms with Gasteiger partial charge >= 0.3 is 0 Å². The summed E-state index contributed by atoms with van der Waals surface area (Å²) in [6, 6.07) is 0.0377. The predicted molar refractivity (Wildman–Crippen MR) is 74.0 cm³/mol. The maximum Gasteiger partial charge on any atom is 0.286 e. The van der Waals surface area contributed by atoms with Gasteiger partial charge in [0.1, 0.15) is 6.61 Å². The molecule has 0 saturated carbocycles. The highest BCUT2D eigenvalue weighted by Gasteiger charge is 2.11.